The molecule has 0 bridgehead atoms. The average Bonchev–Trinajstić information content (AvgIpc) is 3.68. The number of ether oxygens (including phenoxy) is 2. The Morgan fingerprint density at radius 1 is 0.810 bits per heavy atom. The Balaban J connectivity index is 1.19. The molecule has 1 spiro atoms. The highest BCUT2D eigenvalue weighted by Crippen LogP contribution is 2.61. The van der Waals surface area contributed by atoms with E-state index in [9.17, 15) is 14.7 Å². The van der Waals surface area contributed by atoms with Gasteiger partial charge in [-0.25, -0.2) is 0 Å². The number of carbonyl (C=O) groups is 3. The molecule has 1 saturated heterocycles. The Bertz CT molecular complexity index is 2400. The zero-order chi connectivity index (χ0) is 40.3. The van der Waals surface area contributed by atoms with Crippen molar-refractivity contribution in [3.8, 4) is 5.75 Å². The van der Waals surface area contributed by atoms with Crippen LogP contribution >= 0.6 is 0 Å². The van der Waals surface area contributed by atoms with E-state index in [-0.39, 0.29) is 48.3 Å². The number of carbonyl (C=O) groups excluding carboxylic acids is 3. The van der Waals surface area contributed by atoms with Crippen LogP contribution in [0.25, 0.3) is 0 Å². The molecule has 4 aliphatic rings. The summed E-state index contributed by atoms with van der Waals surface area (Å²) < 4.78 is 13.0. The van der Waals surface area contributed by atoms with E-state index in [0.29, 0.717) is 48.4 Å². The Kier molecular flexibility index (Phi) is 9.61. The number of amides is 3. The van der Waals surface area contributed by atoms with Gasteiger partial charge in [0.1, 0.15) is 5.75 Å². The SMILES string of the molecule is COc1ccc([Si](C)(C)[C@@H]2[C@@H](CC(=O)N3Cc4ccccc4C[C@H]3CO)O[C@]3(C(=O)N(c4ccccc4)c4ccc(N5C(=O)CCc6ccccc65)cc43)[C@H]2C)cc1. The molecule has 3 amide bonds. The fraction of sp³-hybridized carbons (Fsp3) is 0.312. The fourth-order valence-electron chi connectivity index (χ4n) is 10.4. The minimum atomic E-state index is -2.59. The molecule has 296 valence electrons. The number of methoxy groups -OCH3 is 1. The van der Waals surface area contributed by atoms with Gasteiger partial charge < -0.3 is 19.5 Å². The van der Waals surface area contributed by atoms with Gasteiger partial charge in [0.05, 0.1) is 51.7 Å². The summed E-state index contributed by atoms with van der Waals surface area (Å²) in [5.74, 6) is 0.0656. The van der Waals surface area contributed by atoms with Gasteiger partial charge in [0.25, 0.3) is 5.91 Å². The minimum absolute atomic E-state index is 0.00623. The Labute approximate surface area is 340 Å². The molecular formula is C48H49N3O6Si. The molecule has 0 unspecified atom stereocenters. The number of hydrogen-bond acceptors (Lipinski definition) is 6. The molecule has 0 saturated carbocycles. The number of rotatable bonds is 8. The highest BCUT2D eigenvalue weighted by molar-refractivity contribution is 6.91. The van der Waals surface area contributed by atoms with Crippen molar-refractivity contribution in [2.24, 2.45) is 5.92 Å². The monoisotopic (exact) mass is 791 g/mol. The predicted molar refractivity (Wildman–Crippen MR) is 228 cm³/mol. The first-order chi connectivity index (χ1) is 28.1. The molecule has 10 heteroatoms. The molecule has 1 fully saturated rings. The van der Waals surface area contributed by atoms with Gasteiger partial charge in [-0.2, -0.15) is 0 Å². The highest BCUT2D eigenvalue weighted by Gasteiger charge is 2.67. The van der Waals surface area contributed by atoms with Crippen LogP contribution in [0.3, 0.4) is 0 Å². The van der Waals surface area contributed by atoms with Crippen molar-refractivity contribution in [1.29, 1.82) is 0 Å². The smallest absolute Gasteiger partial charge is 0.268 e. The molecular weight excluding hydrogens is 743 g/mol. The van der Waals surface area contributed by atoms with Crippen LogP contribution in [0.2, 0.25) is 18.6 Å². The number of anilines is 4. The maximum Gasteiger partial charge on any atom is 0.268 e. The van der Waals surface area contributed by atoms with Gasteiger partial charge in [0.2, 0.25) is 11.8 Å². The van der Waals surface area contributed by atoms with Gasteiger partial charge >= 0.3 is 0 Å². The highest BCUT2D eigenvalue weighted by atomic mass is 28.3. The molecule has 5 atom stereocenters. The standard InChI is InChI=1S/C48H49N3O6Si/c1-31-46(58(3,4)39-22-20-38(56-2)21-23-39)43(28-45(54)49-29-34-14-9-8-13-33(34)26-37(49)30-52)57-48(31)40-27-36(50-41-17-11-10-12-32(41)18-25-44(50)53)19-24-42(40)51(47(48)55)35-15-6-5-7-16-35/h5-17,19-24,27,31,37,43,46,52H,18,25-26,28-30H2,1-4H3/t31-,37-,43+,46-,48+/m0/s1. The summed E-state index contributed by atoms with van der Waals surface area (Å²) in [5, 5.41) is 11.7. The quantitative estimate of drug-likeness (QED) is 0.163. The van der Waals surface area contributed by atoms with Crippen LogP contribution in [0.15, 0.2) is 121 Å². The number of para-hydroxylation sites is 2. The van der Waals surface area contributed by atoms with E-state index in [1.807, 2.05) is 97.1 Å². The molecule has 1 N–H and O–H groups in total. The van der Waals surface area contributed by atoms with Crippen molar-refractivity contribution in [3.05, 3.63) is 144 Å². The number of benzene rings is 5. The Morgan fingerprint density at radius 3 is 2.22 bits per heavy atom. The number of hydrogen-bond donors (Lipinski definition) is 1. The van der Waals surface area contributed by atoms with Crippen LogP contribution in [0.1, 0.15) is 42.0 Å². The predicted octanol–water partition coefficient (Wildman–Crippen LogP) is 7.54. The Morgan fingerprint density at radius 2 is 1.50 bits per heavy atom. The molecule has 9 rings (SSSR count). The molecule has 0 aromatic heterocycles. The number of aliphatic hydroxyl groups excluding tert-OH is 1. The third kappa shape index (κ3) is 5.99. The fourth-order valence-corrected chi connectivity index (χ4v) is 14.5. The third-order valence-corrected chi connectivity index (χ3v) is 17.7. The van der Waals surface area contributed by atoms with E-state index in [1.165, 1.54) is 5.19 Å². The van der Waals surface area contributed by atoms with Gasteiger partial charge in [0, 0.05) is 35.8 Å². The minimum Gasteiger partial charge on any atom is -0.497 e. The van der Waals surface area contributed by atoms with Gasteiger partial charge in [-0.05, 0) is 83.6 Å². The van der Waals surface area contributed by atoms with Crippen LogP contribution in [-0.4, -0.2) is 61.7 Å². The summed E-state index contributed by atoms with van der Waals surface area (Å²) in [7, 11) is -0.940. The maximum atomic E-state index is 15.6. The molecule has 0 radical (unpaired) electrons. The zero-order valence-electron chi connectivity index (χ0n) is 33.4. The van der Waals surface area contributed by atoms with Crippen molar-refractivity contribution in [2.75, 3.05) is 23.5 Å². The van der Waals surface area contributed by atoms with Crippen molar-refractivity contribution in [3.63, 3.8) is 0 Å². The van der Waals surface area contributed by atoms with Crippen LogP contribution in [-0.2, 0) is 44.1 Å². The Hall–Kier alpha value is -5.55. The number of fused-ring (bicyclic) bond motifs is 4. The lowest BCUT2D eigenvalue weighted by Gasteiger charge is -2.39. The summed E-state index contributed by atoms with van der Waals surface area (Å²) in [4.78, 5) is 49.5. The van der Waals surface area contributed by atoms with Crippen molar-refractivity contribution < 1.29 is 29.0 Å². The number of aliphatic hydroxyl groups is 1. The summed E-state index contributed by atoms with van der Waals surface area (Å²) >= 11 is 0. The molecule has 4 heterocycles. The van der Waals surface area contributed by atoms with E-state index in [0.717, 1.165) is 28.1 Å². The summed E-state index contributed by atoms with van der Waals surface area (Å²) in [5.41, 5.74) is 5.28. The second-order valence-corrected chi connectivity index (χ2v) is 21.4. The zero-order valence-corrected chi connectivity index (χ0v) is 34.4. The average molecular weight is 792 g/mol. The topological polar surface area (TPSA) is 99.6 Å². The molecule has 4 aliphatic heterocycles. The third-order valence-electron chi connectivity index (χ3n) is 13.4. The van der Waals surface area contributed by atoms with E-state index < -0.39 is 19.8 Å². The lowest BCUT2D eigenvalue weighted by Crippen LogP contribution is -2.52. The van der Waals surface area contributed by atoms with Gasteiger partial charge in [0.15, 0.2) is 5.60 Å². The summed E-state index contributed by atoms with van der Waals surface area (Å²) in [6, 6.07) is 39.4. The molecule has 5 aromatic carbocycles. The van der Waals surface area contributed by atoms with E-state index in [2.05, 4.69) is 44.3 Å². The van der Waals surface area contributed by atoms with Crippen LogP contribution in [0.5, 0.6) is 5.75 Å². The van der Waals surface area contributed by atoms with Crippen LogP contribution in [0, 0.1) is 5.92 Å². The summed E-state index contributed by atoms with van der Waals surface area (Å²) in [6.45, 7) is 6.97. The maximum absolute atomic E-state index is 15.6. The van der Waals surface area contributed by atoms with Crippen molar-refractivity contribution in [2.45, 2.75) is 75.5 Å². The van der Waals surface area contributed by atoms with Gasteiger partial charge in [-0.15, -0.1) is 0 Å². The van der Waals surface area contributed by atoms with Crippen molar-refractivity contribution >= 4 is 53.7 Å². The van der Waals surface area contributed by atoms with Crippen LogP contribution < -0.4 is 19.7 Å². The lowest BCUT2D eigenvalue weighted by molar-refractivity contribution is -0.150. The molecule has 5 aromatic rings. The van der Waals surface area contributed by atoms with Gasteiger partial charge in [-0.1, -0.05) is 98.0 Å². The van der Waals surface area contributed by atoms with Gasteiger partial charge in [-0.3, -0.25) is 24.2 Å². The first kappa shape index (κ1) is 38.0. The second kappa shape index (κ2) is 14.7. The summed E-state index contributed by atoms with van der Waals surface area (Å²) in [6.07, 6.45) is 1.04. The lowest BCUT2D eigenvalue weighted by atomic mass is 9.82. The van der Waals surface area contributed by atoms with Crippen LogP contribution in [0.4, 0.5) is 22.7 Å². The molecule has 9 nitrogen and oxygen atoms in total. The first-order valence-electron chi connectivity index (χ1n) is 20.3. The molecule has 58 heavy (non-hydrogen) atoms. The number of nitrogens with zero attached hydrogens (tertiary/aromatic N) is 3. The van der Waals surface area contributed by atoms with E-state index in [1.54, 1.807) is 21.8 Å². The normalized spacial score (nSPS) is 23.8. The first-order valence-corrected chi connectivity index (χ1v) is 23.4. The molecule has 0 aliphatic carbocycles. The van der Waals surface area contributed by atoms with E-state index in [4.69, 9.17) is 9.47 Å². The number of aryl methyl sites for hydroxylation is 1. The largest absolute Gasteiger partial charge is 0.497 e. The van der Waals surface area contributed by atoms with Crippen molar-refractivity contribution in [1.82, 2.24) is 4.90 Å². The van der Waals surface area contributed by atoms with E-state index >= 15 is 4.79 Å². The second-order valence-electron chi connectivity index (χ2n) is 16.7.